The van der Waals surface area contributed by atoms with Crippen LogP contribution in [0.15, 0.2) is 12.2 Å². The molecule has 4 nitrogen and oxygen atoms in total. The quantitative estimate of drug-likeness (QED) is 0.280. The van der Waals surface area contributed by atoms with Crippen molar-refractivity contribution in [3.63, 3.8) is 0 Å². The maximum Gasteiger partial charge on any atom is 0.310 e. The van der Waals surface area contributed by atoms with Crippen LogP contribution < -0.4 is 0 Å². The van der Waals surface area contributed by atoms with E-state index < -0.39 is 11.8 Å². The third-order valence-electron chi connectivity index (χ3n) is 4.99. The summed E-state index contributed by atoms with van der Waals surface area (Å²) in [5.74, 6) is -0.948. The SMILES string of the molecule is CCCCCCCCOC(=O)C1CC=CCC1C(=O)OCC(C)CC. The van der Waals surface area contributed by atoms with Crippen LogP contribution in [0.3, 0.4) is 0 Å². The van der Waals surface area contributed by atoms with Crippen LogP contribution in [0.25, 0.3) is 0 Å². The van der Waals surface area contributed by atoms with Gasteiger partial charge in [-0.3, -0.25) is 9.59 Å². The Morgan fingerprint density at radius 2 is 1.48 bits per heavy atom. The minimum Gasteiger partial charge on any atom is -0.465 e. The maximum atomic E-state index is 12.4. The molecule has 0 heterocycles. The lowest BCUT2D eigenvalue weighted by molar-refractivity contribution is -0.161. The summed E-state index contributed by atoms with van der Waals surface area (Å²) in [6, 6.07) is 0. The predicted octanol–water partition coefficient (Wildman–Crippen LogP) is 5.06. The fourth-order valence-corrected chi connectivity index (χ4v) is 2.95. The molecule has 1 aliphatic rings. The van der Waals surface area contributed by atoms with Crippen LogP contribution in [-0.2, 0) is 19.1 Å². The molecule has 4 heteroatoms. The first-order valence-corrected chi connectivity index (χ1v) is 10.1. The molecular formula is C21H36O4. The highest BCUT2D eigenvalue weighted by Gasteiger charge is 2.36. The molecule has 0 saturated carbocycles. The second-order valence-corrected chi connectivity index (χ2v) is 7.23. The first-order valence-electron chi connectivity index (χ1n) is 10.1. The van der Waals surface area contributed by atoms with Gasteiger partial charge in [-0.05, 0) is 25.2 Å². The molecule has 0 bridgehead atoms. The Morgan fingerprint density at radius 3 is 2.08 bits per heavy atom. The average molecular weight is 353 g/mol. The van der Waals surface area contributed by atoms with Gasteiger partial charge in [0.25, 0.3) is 0 Å². The van der Waals surface area contributed by atoms with Gasteiger partial charge >= 0.3 is 11.9 Å². The number of esters is 2. The molecular weight excluding hydrogens is 316 g/mol. The zero-order valence-corrected chi connectivity index (χ0v) is 16.3. The summed E-state index contributed by atoms with van der Waals surface area (Å²) in [6.45, 7) is 7.21. The van der Waals surface area contributed by atoms with Crippen molar-refractivity contribution in [3.8, 4) is 0 Å². The minimum absolute atomic E-state index is 0.247. The van der Waals surface area contributed by atoms with Crippen molar-refractivity contribution < 1.29 is 19.1 Å². The van der Waals surface area contributed by atoms with Crippen molar-refractivity contribution >= 4 is 11.9 Å². The molecule has 3 unspecified atom stereocenters. The van der Waals surface area contributed by atoms with E-state index in [1.54, 1.807) is 0 Å². The maximum absolute atomic E-state index is 12.4. The van der Waals surface area contributed by atoms with Crippen molar-refractivity contribution in [1.29, 1.82) is 0 Å². The Balaban J connectivity index is 2.35. The zero-order chi connectivity index (χ0) is 18.5. The monoisotopic (exact) mass is 352 g/mol. The average Bonchev–Trinajstić information content (AvgIpc) is 2.64. The van der Waals surface area contributed by atoms with Crippen LogP contribution in [0.2, 0.25) is 0 Å². The molecule has 0 amide bonds. The van der Waals surface area contributed by atoms with Crippen molar-refractivity contribution in [1.82, 2.24) is 0 Å². The topological polar surface area (TPSA) is 52.6 Å². The van der Waals surface area contributed by atoms with E-state index in [4.69, 9.17) is 9.47 Å². The molecule has 0 radical (unpaired) electrons. The summed E-state index contributed by atoms with van der Waals surface area (Å²) in [6.07, 6.45) is 13.0. The summed E-state index contributed by atoms with van der Waals surface area (Å²) in [5, 5.41) is 0. The molecule has 0 aliphatic heterocycles. The van der Waals surface area contributed by atoms with E-state index in [-0.39, 0.29) is 11.9 Å². The molecule has 0 aromatic heterocycles. The van der Waals surface area contributed by atoms with Gasteiger partial charge in [-0.1, -0.05) is 71.4 Å². The Bertz CT molecular complexity index is 416. The number of rotatable bonds is 12. The van der Waals surface area contributed by atoms with Gasteiger partial charge in [-0.25, -0.2) is 0 Å². The molecule has 0 saturated heterocycles. The number of hydrogen-bond donors (Lipinski definition) is 0. The van der Waals surface area contributed by atoms with Gasteiger partial charge in [0.15, 0.2) is 0 Å². The van der Waals surface area contributed by atoms with Crippen molar-refractivity contribution in [2.75, 3.05) is 13.2 Å². The summed E-state index contributed by atoms with van der Waals surface area (Å²) >= 11 is 0. The first-order chi connectivity index (χ1) is 12.1. The predicted molar refractivity (Wildman–Crippen MR) is 100 cm³/mol. The number of allylic oxidation sites excluding steroid dienone is 2. The minimum atomic E-state index is -0.397. The molecule has 1 aliphatic carbocycles. The molecule has 25 heavy (non-hydrogen) atoms. The number of unbranched alkanes of at least 4 members (excludes halogenated alkanes) is 5. The number of carbonyl (C=O) groups is 2. The molecule has 144 valence electrons. The van der Waals surface area contributed by atoms with Crippen LogP contribution in [0.1, 0.15) is 78.6 Å². The third kappa shape index (κ3) is 8.55. The fourth-order valence-electron chi connectivity index (χ4n) is 2.95. The smallest absolute Gasteiger partial charge is 0.310 e. The van der Waals surface area contributed by atoms with Gasteiger partial charge in [-0.15, -0.1) is 0 Å². The summed E-state index contributed by atoms with van der Waals surface area (Å²) in [4.78, 5) is 24.7. The molecule has 3 atom stereocenters. The second-order valence-electron chi connectivity index (χ2n) is 7.23. The van der Waals surface area contributed by atoms with Gasteiger partial charge in [-0.2, -0.15) is 0 Å². The van der Waals surface area contributed by atoms with Gasteiger partial charge < -0.3 is 9.47 Å². The van der Waals surface area contributed by atoms with E-state index in [2.05, 4.69) is 20.8 Å². The lowest BCUT2D eigenvalue weighted by atomic mass is 9.83. The van der Waals surface area contributed by atoms with Crippen LogP contribution in [0.5, 0.6) is 0 Å². The van der Waals surface area contributed by atoms with Crippen LogP contribution in [0.4, 0.5) is 0 Å². The molecule has 0 aromatic rings. The lowest BCUT2D eigenvalue weighted by Crippen LogP contribution is -2.34. The standard InChI is InChI=1S/C21H36O4/c1-4-6-7-8-9-12-15-24-20(22)18-13-10-11-14-19(18)21(23)25-16-17(3)5-2/h10-11,17-19H,4-9,12-16H2,1-3H3. The summed E-state index contributed by atoms with van der Waals surface area (Å²) in [7, 11) is 0. The Kier molecular flexibility index (Phi) is 11.3. The zero-order valence-electron chi connectivity index (χ0n) is 16.3. The highest BCUT2D eigenvalue weighted by molar-refractivity contribution is 5.82. The van der Waals surface area contributed by atoms with Crippen molar-refractivity contribution in [3.05, 3.63) is 12.2 Å². The van der Waals surface area contributed by atoms with Gasteiger partial charge in [0, 0.05) is 0 Å². The highest BCUT2D eigenvalue weighted by atomic mass is 16.5. The molecule has 0 N–H and O–H groups in total. The van der Waals surface area contributed by atoms with Gasteiger partial charge in [0.2, 0.25) is 0 Å². The molecule has 0 spiro atoms. The van der Waals surface area contributed by atoms with Crippen LogP contribution in [-0.4, -0.2) is 25.2 Å². The molecule has 0 aromatic carbocycles. The lowest BCUT2D eigenvalue weighted by Gasteiger charge is -2.25. The highest BCUT2D eigenvalue weighted by Crippen LogP contribution is 2.28. The van der Waals surface area contributed by atoms with Gasteiger partial charge in [0.1, 0.15) is 0 Å². The van der Waals surface area contributed by atoms with E-state index in [9.17, 15) is 9.59 Å². The third-order valence-corrected chi connectivity index (χ3v) is 4.99. The largest absolute Gasteiger partial charge is 0.465 e. The summed E-state index contributed by atoms with van der Waals surface area (Å²) in [5.41, 5.74) is 0. The molecule has 1 rings (SSSR count). The van der Waals surface area contributed by atoms with Crippen molar-refractivity contribution in [2.45, 2.75) is 78.6 Å². The van der Waals surface area contributed by atoms with Crippen molar-refractivity contribution in [2.24, 2.45) is 17.8 Å². The Morgan fingerprint density at radius 1 is 0.920 bits per heavy atom. The fraction of sp³-hybridized carbons (Fsp3) is 0.810. The Hall–Kier alpha value is -1.32. The molecule has 0 fully saturated rings. The number of ether oxygens (including phenoxy) is 2. The normalized spacial score (nSPS) is 20.9. The van der Waals surface area contributed by atoms with E-state index in [0.717, 1.165) is 19.3 Å². The number of hydrogen-bond acceptors (Lipinski definition) is 4. The van der Waals surface area contributed by atoms with E-state index in [1.807, 2.05) is 12.2 Å². The Labute approximate surface area is 153 Å². The first kappa shape index (κ1) is 21.7. The number of carbonyl (C=O) groups excluding carboxylic acids is 2. The van der Waals surface area contributed by atoms with E-state index in [0.29, 0.717) is 32.0 Å². The van der Waals surface area contributed by atoms with Crippen LogP contribution in [0, 0.1) is 17.8 Å². The van der Waals surface area contributed by atoms with E-state index >= 15 is 0 Å². The summed E-state index contributed by atoms with van der Waals surface area (Å²) < 4.78 is 10.8. The van der Waals surface area contributed by atoms with Gasteiger partial charge in [0.05, 0.1) is 25.0 Å². The second kappa shape index (κ2) is 13.0. The van der Waals surface area contributed by atoms with E-state index in [1.165, 1.54) is 25.7 Å². The van der Waals surface area contributed by atoms with Crippen LogP contribution >= 0.6 is 0 Å².